The fourth-order valence-corrected chi connectivity index (χ4v) is 3.40. The predicted octanol–water partition coefficient (Wildman–Crippen LogP) is 5.01. The van der Waals surface area contributed by atoms with Crippen LogP contribution in [0.25, 0.3) is 0 Å². The Kier molecular flexibility index (Phi) is 6.12. The summed E-state index contributed by atoms with van der Waals surface area (Å²) in [6, 6.07) is 12.8. The van der Waals surface area contributed by atoms with E-state index in [2.05, 4.69) is 16.0 Å². The molecule has 5 heteroatoms. The number of hydrogen-bond donors (Lipinski definition) is 3. The summed E-state index contributed by atoms with van der Waals surface area (Å²) < 4.78 is 0. The number of urea groups is 1. The first-order valence-electron chi connectivity index (χ1n) is 9.58. The lowest BCUT2D eigenvalue weighted by Crippen LogP contribution is -2.39. The number of rotatable bonds is 4. The number of carbonyl (C=O) groups excluding carboxylic acids is 2. The molecule has 1 aliphatic carbocycles. The standard InChI is InChI=1S/C22H27N3O2/c1-15-12-13-18(14-16(15)2)23-21(26)19-10-6-7-11-20(19)25-22(27)24-17-8-4-3-5-9-17/h6-7,10-14,17H,3-5,8-9H2,1-2H3,(H,23,26)(H2,24,25,27). The van der Waals surface area contributed by atoms with Crippen LogP contribution in [0.5, 0.6) is 0 Å². The highest BCUT2D eigenvalue weighted by molar-refractivity contribution is 6.10. The molecule has 3 rings (SSSR count). The van der Waals surface area contributed by atoms with Crippen LogP contribution in [0.15, 0.2) is 42.5 Å². The maximum atomic E-state index is 12.7. The van der Waals surface area contributed by atoms with Crippen LogP contribution in [0.2, 0.25) is 0 Å². The molecule has 5 nitrogen and oxygen atoms in total. The monoisotopic (exact) mass is 365 g/mol. The predicted molar refractivity (Wildman–Crippen MR) is 109 cm³/mol. The molecule has 1 fully saturated rings. The highest BCUT2D eigenvalue weighted by Crippen LogP contribution is 2.20. The molecule has 0 aromatic heterocycles. The first-order valence-corrected chi connectivity index (χ1v) is 9.58. The van der Waals surface area contributed by atoms with Crippen molar-refractivity contribution in [1.82, 2.24) is 5.32 Å². The number of benzene rings is 2. The van der Waals surface area contributed by atoms with E-state index in [1.165, 1.54) is 12.0 Å². The maximum Gasteiger partial charge on any atom is 0.319 e. The lowest BCUT2D eigenvalue weighted by atomic mass is 9.96. The van der Waals surface area contributed by atoms with Crippen LogP contribution in [0.3, 0.4) is 0 Å². The van der Waals surface area contributed by atoms with Gasteiger partial charge in [-0.3, -0.25) is 4.79 Å². The number of hydrogen-bond acceptors (Lipinski definition) is 2. The Labute approximate surface area is 160 Å². The van der Waals surface area contributed by atoms with Gasteiger partial charge in [-0.2, -0.15) is 0 Å². The molecule has 0 spiro atoms. The summed E-state index contributed by atoms with van der Waals surface area (Å²) in [4.78, 5) is 25.1. The Hall–Kier alpha value is -2.82. The van der Waals surface area contributed by atoms with Gasteiger partial charge < -0.3 is 16.0 Å². The Balaban J connectivity index is 1.68. The van der Waals surface area contributed by atoms with Crippen molar-refractivity contribution in [2.24, 2.45) is 0 Å². The van der Waals surface area contributed by atoms with Crippen molar-refractivity contribution < 1.29 is 9.59 Å². The minimum absolute atomic E-state index is 0.218. The highest BCUT2D eigenvalue weighted by Gasteiger charge is 2.18. The summed E-state index contributed by atoms with van der Waals surface area (Å²) in [6.45, 7) is 4.04. The Morgan fingerprint density at radius 3 is 2.37 bits per heavy atom. The van der Waals surface area contributed by atoms with E-state index < -0.39 is 0 Å². The SMILES string of the molecule is Cc1ccc(NC(=O)c2ccccc2NC(=O)NC2CCCCC2)cc1C. The number of carbonyl (C=O) groups is 2. The molecule has 0 atom stereocenters. The topological polar surface area (TPSA) is 70.2 Å². The van der Waals surface area contributed by atoms with Crippen LogP contribution in [0, 0.1) is 13.8 Å². The number of aryl methyl sites for hydroxylation is 2. The van der Waals surface area contributed by atoms with Crippen LogP contribution in [0.4, 0.5) is 16.2 Å². The summed E-state index contributed by atoms with van der Waals surface area (Å²) in [5.74, 6) is -0.244. The molecule has 0 aliphatic heterocycles. The molecule has 2 aromatic rings. The van der Waals surface area contributed by atoms with E-state index in [0.29, 0.717) is 11.3 Å². The highest BCUT2D eigenvalue weighted by atomic mass is 16.2. The normalized spacial score (nSPS) is 14.4. The molecule has 3 amide bonds. The third-order valence-electron chi connectivity index (χ3n) is 5.13. The first kappa shape index (κ1) is 19.0. The first-order chi connectivity index (χ1) is 13.0. The molecule has 142 valence electrons. The van der Waals surface area contributed by atoms with Crippen molar-refractivity contribution in [2.75, 3.05) is 10.6 Å². The van der Waals surface area contributed by atoms with Crippen molar-refractivity contribution in [2.45, 2.75) is 52.0 Å². The molecule has 27 heavy (non-hydrogen) atoms. The van der Waals surface area contributed by atoms with E-state index in [1.54, 1.807) is 18.2 Å². The van der Waals surface area contributed by atoms with Crippen LogP contribution in [-0.2, 0) is 0 Å². The lowest BCUT2D eigenvalue weighted by Gasteiger charge is -2.23. The van der Waals surface area contributed by atoms with Crippen LogP contribution < -0.4 is 16.0 Å². The number of anilines is 2. The van der Waals surface area contributed by atoms with Gasteiger partial charge >= 0.3 is 6.03 Å². The smallest absolute Gasteiger partial charge is 0.319 e. The summed E-state index contributed by atoms with van der Waals surface area (Å²) in [7, 11) is 0. The molecular weight excluding hydrogens is 338 g/mol. The Morgan fingerprint density at radius 1 is 0.889 bits per heavy atom. The van der Waals surface area contributed by atoms with E-state index in [4.69, 9.17) is 0 Å². The molecule has 0 bridgehead atoms. The zero-order valence-electron chi connectivity index (χ0n) is 16.0. The molecular formula is C22H27N3O2. The molecule has 0 heterocycles. The maximum absolute atomic E-state index is 12.7. The fraction of sp³-hybridized carbons (Fsp3) is 0.364. The van der Waals surface area contributed by atoms with Crippen molar-refractivity contribution in [3.05, 3.63) is 59.2 Å². The Morgan fingerprint density at radius 2 is 1.63 bits per heavy atom. The van der Waals surface area contributed by atoms with E-state index >= 15 is 0 Å². The molecule has 0 unspecified atom stereocenters. The number of amides is 3. The van der Waals surface area contributed by atoms with Gasteiger partial charge in [0.2, 0.25) is 0 Å². The minimum atomic E-state index is -0.256. The van der Waals surface area contributed by atoms with Gasteiger partial charge in [0.05, 0.1) is 11.3 Å². The summed E-state index contributed by atoms with van der Waals surface area (Å²) >= 11 is 0. The second-order valence-corrected chi connectivity index (χ2v) is 7.23. The van der Waals surface area contributed by atoms with Gasteiger partial charge in [-0.15, -0.1) is 0 Å². The van der Waals surface area contributed by atoms with Gasteiger partial charge in [0.25, 0.3) is 5.91 Å². The largest absolute Gasteiger partial charge is 0.335 e. The summed E-state index contributed by atoms with van der Waals surface area (Å²) in [5.41, 5.74) is 3.98. The van der Waals surface area contributed by atoms with Crippen molar-refractivity contribution in [3.8, 4) is 0 Å². The summed E-state index contributed by atoms with van der Waals surface area (Å²) in [6.07, 6.45) is 5.58. The fourth-order valence-electron chi connectivity index (χ4n) is 3.40. The molecule has 1 aliphatic rings. The van der Waals surface area contributed by atoms with Crippen LogP contribution >= 0.6 is 0 Å². The molecule has 0 radical (unpaired) electrons. The molecule has 3 N–H and O–H groups in total. The van der Waals surface area contributed by atoms with Gasteiger partial charge in [-0.25, -0.2) is 4.79 Å². The van der Waals surface area contributed by atoms with Gasteiger partial charge in [0.1, 0.15) is 0 Å². The lowest BCUT2D eigenvalue weighted by molar-refractivity contribution is 0.102. The molecule has 1 saturated carbocycles. The van der Waals surface area contributed by atoms with Gasteiger partial charge in [-0.05, 0) is 62.1 Å². The Bertz CT molecular complexity index is 826. The van der Waals surface area contributed by atoms with E-state index in [-0.39, 0.29) is 18.0 Å². The second kappa shape index (κ2) is 8.71. The number of nitrogens with one attached hydrogen (secondary N) is 3. The average molecular weight is 365 g/mol. The zero-order chi connectivity index (χ0) is 19.2. The van der Waals surface area contributed by atoms with Crippen LogP contribution in [0.1, 0.15) is 53.6 Å². The van der Waals surface area contributed by atoms with Crippen molar-refractivity contribution >= 4 is 23.3 Å². The third-order valence-corrected chi connectivity index (χ3v) is 5.13. The van der Waals surface area contributed by atoms with Gasteiger partial charge in [0.15, 0.2) is 0 Å². The van der Waals surface area contributed by atoms with E-state index in [9.17, 15) is 9.59 Å². The number of para-hydroxylation sites is 1. The zero-order valence-corrected chi connectivity index (χ0v) is 16.0. The van der Waals surface area contributed by atoms with Crippen molar-refractivity contribution in [1.29, 1.82) is 0 Å². The van der Waals surface area contributed by atoms with Gasteiger partial charge in [-0.1, -0.05) is 37.5 Å². The van der Waals surface area contributed by atoms with E-state index in [1.807, 2.05) is 38.1 Å². The average Bonchev–Trinajstić information content (AvgIpc) is 2.66. The van der Waals surface area contributed by atoms with Crippen LogP contribution in [-0.4, -0.2) is 18.0 Å². The third kappa shape index (κ3) is 5.09. The molecule has 0 saturated heterocycles. The van der Waals surface area contributed by atoms with Crippen molar-refractivity contribution in [3.63, 3.8) is 0 Å². The minimum Gasteiger partial charge on any atom is -0.335 e. The quantitative estimate of drug-likeness (QED) is 0.713. The van der Waals surface area contributed by atoms with Gasteiger partial charge in [0, 0.05) is 11.7 Å². The molecule has 2 aromatic carbocycles. The van der Waals surface area contributed by atoms with E-state index in [0.717, 1.165) is 36.9 Å². The second-order valence-electron chi connectivity index (χ2n) is 7.23. The summed E-state index contributed by atoms with van der Waals surface area (Å²) in [5, 5.41) is 8.76.